The maximum absolute atomic E-state index is 13.3. The third-order valence-electron chi connectivity index (χ3n) is 5.81. The molecule has 0 aromatic heterocycles. The summed E-state index contributed by atoms with van der Waals surface area (Å²) in [5.74, 6) is 0.771. The molecular formula is C20H30N2O. The first-order valence-corrected chi connectivity index (χ1v) is 9.21. The van der Waals surface area contributed by atoms with Gasteiger partial charge in [-0.15, -0.1) is 0 Å². The SMILES string of the molecule is Cc1cccc(C2(C(=O)NC3CCNCC3C)CCCCC2)c1. The van der Waals surface area contributed by atoms with Crippen molar-refractivity contribution in [2.75, 3.05) is 13.1 Å². The predicted molar refractivity (Wildman–Crippen MR) is 94.5 cm³/mol. The van der Waals surface area contributed by atoms with Crippen molar-refractivity contribution >= 4 is 5.91 Å². The van der Waals surface area contributed by atoms with E-state index in [1.807, 2.05) is 0 Å². The first-order valence-electron chi connectivity index (χ1n) is 9.21. The molecule has 1 heterocycles. The van der Waals surface area contributed by atoms with Crippen LogP contribution in [0.2, 0.25) is 0 Å². The third kappa shape index (κ3) is 3.45. The van der Waals surface area contributed by atoms with Crippen LogP contribution < -0.4 is 10.6 Å². The molecule has 23 heavy (non-hydrogen) atoms. The molecule has 1 aliphatic carbocycles. The average molecular weight is 314 g/mol. The molecule has 1 aromatic rings. The van der Waals surface area contributed by atoms with Crippen LogP contribution in [0.15, 0.2) is 24.3 Å². The minimum absolute atomic E-state index is 0.265. The number of amides is 1. The summed E-state index contributed by atoms with van der Waals surface area (Å²) in [6.07, 6.45) is 6.58. The predicted octanol–water partition coefficient (Wildman–Crippen LogP) is 3.31. The van der Waals surface area contributed by atoms with E-state index in [0.29, 0.717) is 12.0 Å². The maximum Gasteiger partial charge on any atom is 0.230 e. The second-order valence-corrected chi connectivity index (χ2v) is 7.56. The van der Waals surface area contributed by atoms with Crippen molar-refractivity contribution in [3.05, 3.63) is 35.4 Å². The first-order chi connectivity index (χ1) is 11.1. The highest BCUT2D eigenvalue weighted by atomic mass is 16.2. The molecule has 1 amide bonds. The second kappa shape index (κ2) is 7.04. The highest BCUT2D eigenvalue weighted by molar-refractivity contribution is 5.88. The normalized spacial score (nSPS) is 27.4. The van der Waals surface area contributed by atoms with E-state index in [1.165, 1.54) is 17.5 Å². The fourth-order valence-corrected chi connectivity index (χ4v) is 4.28. The van der Waals surface area contributed by atoms with Crippen LogP contribution in [0.25, 0.3) is 0 Å². The Morgan fingerprint density at radius 1 is 1.26 bits per heavy atom. The number of nitrogens with one attached hydrogen (secondary N) is 2. The zero-order valence-electron chi connectivity index (χ0n) is 14.5. The van der Waals surface area contributed by atoms with Gasteiger partial charge in [0.2, 0.25) is 5.91 Å². The van der Waals surface area contributed by atoms with E-state index in [2.05, 4.69) is 48.7 Å². The molecule has 3 heteroatoms. The number of piperidine rings is 1. The molecule has 1 saturated carbocycles. The molecule has 3 rings (SSSR count). The Kier molecular flexibility index (Phi) is 5.05. The van der Waals surface area contributed by atoms with Crippen LogP contribution in [0.1, 0.15) is 56.6 Å². The van der Waals surface area contributed by atoms with Crippen molar-refractivity contribution in [2.45, 2.75) is 63.8 Å². The van der Waals surface area contributed by atoms with Crippen LogP contribution in [-0.2, 0) is 10.2 Å². The molecule has 2 N–H and O–H groups in total. The Morgan fingerprint density at radius 2 is 2.04 bits per heavy atom. The number of hydrogen-bond donors (Lipinski definition) is 2. The summed E-state index contributed by atoms with van der Waals surface area (Å²) in [7, 11) is 0. The van der Waals surface area contributed by atoms with E-state index in [0.717, 1.165) is 45.2 Å². The van der Waals surface area contributed by atoms with Crippen LogP contribution in [0, 0.1) is 12.8 Å². The monoisotopic (exact) mass is 314 g/mol. The van der Waals surface area contributed by atoms with E-state index in [-0.39, 0.29) is 11.3 Å². The van der Waals surface area contributed by atoms with Crippen molar-refractivity contribution in [1.29, 1.82) is 0 Å². The summed E-state index contributed by atoms with van der Waals surface area (Å²) >= 11 is 0. The third-order valence-corrected chi connectivity index (χ3v) is 5.81. The van der Waals surface area contributed by atoms with Crippen molar-refractivity contribution in [3.63, 3.8) is 0 Å². The Bertz CT molecular complexity index is 548. The van der Waals surface area contributed by atoms with Gasteiger partial charge >= 0.3 is 0 Å². The lowest BCUT2D eigenvalue weighted by atomic mass is 9.68. The number of hydrogen-bond acceptors (Lipinski definition) is 2. The Labute approximate surface area is 140 Å². The van der Waals surface area contributed by atoms with Gasteiger partial charge in [0.25, 0.3) is 0 Å². The molecule has 2 unspecified atom stereocenters. The lowest BCUT2D eigenvalue weighted by Gasteiger charge is -2.39. The highest BCUT2D eigenvalue weighted by Gasteiger charge is 2.42. The van der Waals surface area contributed by atoms with Crippen molar-refractivity contribution < 1.29 is 4.79 Å². The molecule has 0 bridgehead atoms. The maximum atomic E-state index is 13.3. The molecule has 3 nitrogen and oxygen atoms in total. The van der Waals surface area contributed by atoms with Crippen LogP contribution in [0.3, 0.4) is 0 Å². The van der Waals surface area contributed by atoms with Crippen molar-refractivity contribution in [3.8, 4) is 0 Å². The molecule has 1 saturated heterocycles. The van der Waals surface area contributed by atoms with E-state index in [1.54, 1.807) is 0 Å². The van der Waals surface area contributed by atoms with E-state index in [4.69, 9.17) is 0 Å². The molecular weight excluding hydrogens is 284 g/mol. The zero-order chi connectivity index (χ0) is 16.3. The Hall–Kier alpha value is -1.35. The number of aryl methyl sites for hydroxylation is 1. The Morgan fingerprint density at radius 3 is 2.74 bits per heavy atom. The van der Waals surface area contributed by atoms with E-state index >= 15 is 0 Å². The fraction of sp³-hybridized carbons (Fsp3) is 0.650. The van der Waals surface area contributed by atoms with Crippen LogP contribution >= 0.6 is 0 Å². The van der Waals surface area contributed by atoms with Crippen LogP contribution in [0.5, 0.6) is 0 Å². The minimum atomic E-state index is -0.311. The minimum Gasteiger partial charge on any atom is -0.352 e. The van der Waals surface area contributed by atoms with Gasteiger partial charge in [-0.2, -0.15) is 0 Å². The first kappa shape index (κ1) is 16.5. The van der Waals surface area contributed by atoms with Gasteiger partial charge in [0.05, 0.1) is 5.41 Å². The van der Waals surface area contributed by atoms with Gasteiger partial charge < -0.3 is 10.6 Å². The number of rotatable bonds is 3. The molecule has 2 fully saturated rings. The molecule has 2 atom stereocenters. The number of carbonyl (C=O) groups excluding carboxylic acids is 1. The van der Waals surface area contributed by atoms with Gasteiger partial charge in [-0.25, -0.2) is 0 Å². The van der Waals surface area contributed by atoms with Crippen LogP contribution in [-0.4, -0.2) is 25.0 Å². The standard InChI is InChI=1S/C20H30N2O/c1-15-7-6-8-17(13-15)20(10-4-3-5-11-20)19(23)22-18-9-12-21-14-16(18)2/h6-8,13,16,18,21H,3-5,9-12,14H2,1-2H3,(H,22,23). The van der Waals surface area contributed by atoms with Crippen molar-refractivity contribution in [2.24, 2.45) is 5.92 Å². The molecule has 126 valence electrons. The summed E-state index contributed by atoms with van der Waals surface area (Å²) in [6, 6.07) is 8.90. The number of benzene rings is 1. The smallest absolute Gasteiger partial charge is 0.230 e. The van der Waals surface area contributed by atoms with Gasteiger partial charge in [0.1, 0.15) is 0 Å². The zero-order valence-corrected chi connectivity index (χ0v) is 14.5. The lowest BCUT2D eigenvalue weighted by Crippen LogP contribution is -2.54. The van der Waals surface area contributed by atoms with E-state index in [9.17, 15) is 4.79 Å². The Balaban J connectivity index is 1.84. The average Bonchev–Trinajstić information content (AvgIpc) is 2.57. The van der Waals surface area contributed by atoms with Crippen molar-refractivity contribution in [1.82, 2.24) is 10.6 Å². The lowest BCUT2D eigenvalue weighted by molar-refractivity contribution is -0.129. The van der Waals surface area contributed by atoms with Crippen LogP contribution in [0.4, 0.5) is 0 Å². The largest absolute Gasteiger partial charge is 0.352 e. The van der Waals surface area contributed by atoms with Gasteiger partial charge in [0.15, 0.2) is 0 Å². The van der Waals surface area contributed by atoms with Gasteiger partial charge in [-0.05, 0) is 50.8 Å². The molecule has 1 aliphatic heterocycles. The van der Waals surface area contributed by atoms with Gasteiger partial charge in [-0.1, -0.05) is 56.0 Å². The summed E-state index contributed by atoms with van der Waals surface area (Å²) in [5, 5.41) is 6.83. The van der Waals surface area contributed by atoms with Gasteiger partial charge in [-0.3, -0.25) is 4.79 Å². The summed E-state index contributed by atoms with van der Waals surface area (Å²) in [5.41, 5.74) is 2.15. The molecule has 0 spiro atoms. The molecule has 0 radical (unpaired) electrons. The second-order valence-electron chi connectivity index (χ2n) is 7.56. The quantitative estimate of drug-likeness (QED) is 0.898. The summed E-state index contributed by atoms with van der Waals surface area (Å²) in [4.78, 5) is 13.3. The van der Waals surface area contributed by atoms with Gasteiger partial charge in [0, 0.05) is 6.04 Å². The highest BCUT2D eigenvalue weighted by Crippen LogP contribution is 2.40. The summed E-state index contributed by atoms with van der Waals surface area (Å²) in [6.45, 7) is 6.36. The summed E-state index contributed by atoms with van der Waals surface area (Å²) < 4.78 is 0. The molecule has 1 aromatic carbocycles. The fourth-order valence-electron chi connectivity index (χ4n) is 4.28. The topological polar surface area (TPSA) is 41.1 Å². The van der Waals surface area contributed by atoms with E-state index < -0.39 is 0 Å². The molecule has 2 aliphatic rings. The number of carbonyl (C=O) groups is 1.